The number of carbonyl (C=O) groups is 2. The Hall–Kier alpha value is -1.36. The molecular formula is C13H20N2O2S. The van der Waals surface area contributed by atoms with Crippen LogP contribution in [0.25, 0.3) is 0 Å². The predicted octanol–water partition coefficient (Wildman–Crippen LogP) is 2.03. The zero-order valence-electron chi connectivity index (χ0n) is 10.9. The van der Waals surface area contributed by atoms with Crippen molar-refractivity contribution in [2.24, 2.45) is 5.92 Å². The summed E-state index contributed by atoms with van der Waals surface area (Å²) in [5.41, 5.74) is 0.653. The van der Waals surface area contributed by atoms with Gasteiger partial charge in [-0.3, -0.25) is 9.59 Å². The number of rotatable bonds is 7. The van der Waals surface area contributed by atoms with Crippen LogP contribution in [0.1, 0.15) is 37.0 Å². The molecule has 4 nitrogen and oxygen atoms in total. The molecule has 0 saturated heterocycles. The van der Waals surface area contributed by atoms with Crippen LogP contribution in [0.3, 0.4) is 0 Å². The van der Waals surface area contributed by atoms with Crippen LogP contribution < -0.4 is 10.6 Å². The van der Waals surface area contributed by atoms with Crippen LogP contribution in [0.15, 0.2) is 16.8 Å². The Kier molecular flexibility index (Phi) is 6.43. The van der Waals surface area contributed by atoms with Gasteiger partial charge in [-0.05, 0) is 23.8 Å². The van der Waals surface area contributed by atoms with Crippen LogP contribution in [0, 0.1) is 5.92 Å². The van der Waals surface area contributed by atoms with Gasteiger partial charge in [0.2, 0.25) is 5.91 Å². The van der Waals surface area contributed by atoms with Gasteiger partial charge in [-0.15, -0.1) is 0 Å². The fraction of sp³-hybridized carbons (Fsp3) is 0.538. The third-order valence-electron chi connectivity index (χ3n) is 2.46. The molecule has 100 valence electrons. The smallest absolute Gasteiger partial charge is 0.252 e. The molecule has 0 spiro atoms. The largest absolute Gasteiger partial charge is 0.356 e. The average molecular weight is 268 g/mol. The molecule has 0 saturated carbocycles. The molecule has 0 aromatic carbocycles. The molecule has 0 atom stereocenters. The summed E-state index contributed by atoms with van der Waals surface area (Å²) in [7, 11) is 0. The van der Waals surface area contributed by atoms with Crippen LogP contribution in [0.2, 0.25) is 0 Å². The highest BCUT2D eigenvalue weighted by Crippen LogP contribution is 2.05. The first-order valence-electron chi connectivity index (χ1n) is 6.16. The molecule has 0 radical (unpaired) electrons. The zero-order valence-corrected chi connectivity index (χ0v) is 11.7. The Morgan fingerprint density at radius 2 is 2.06 bits per heavy atom. The summed E-state index contributed by atoms with van der Waals surface area (Å²) in [6.07, 6.45) is 1.31. The van der Waals surface area contributed by atoms with Crippen LogP contribution >= 0.6 is 11.3 Å². The van der Waals surface area contributed by atoms with Gasteiger partial charge < -0.3 is 10.6 Å². The normalized spacial score (nSPS) is 10.4. The molecule has 1 aromatic rings. The highest BCUT2D eigenvalue weighted by molar-refractivity contribution is 7.08. The number of carbonyl (C=O) groups excluding carboxylic acids is 2. The van der Waals surface area contributed by atoms with Gasteiger partial charge in [0.05, 0.1) is 0 Å². The fourth-order valence-corrected chi connectivity index (χ4v) is 2.01. The lowest BCUT2D eigenvalue weighted by Crippen LogP contribution is -2.31. The van der Waals surface area contributed by atoms with E-state index in [1.54, 1.807) is 11.4 Å². The SMILES string of the molecule is CC(C)CCNC(=O)CCNC(=O)c1ccsc1. The molecule has 0 aliphatic carbocycles. The number of thiophene rings is 1. The van der Waals surface area contributed by atoms with Crippen molar-refractivity contribution >= 4 is 23.2 Å². The Labute approximate surface area is 112 Å². The number of hydrogen-bond donors (Lipinski definition) is 2. The third kappa shape index (κ3) is 5.82. The zero-order chi connectivity index (χ0) is 13.4. The van der Waals surface area contributed by atoms with Gasteiger partial charge in [-0.25, -0.2) is 0 Å². The Morgan fingerprint density at radius 1 is 1.28 bits per heavy atom. The molecule has 1 rings (SSSR count). The summed E-state index contributed by atoms with van der Waals surface area (Å²) >= 11 is 1.48. The minimum absolute atomic E-state index is 0.0127. The average Bonchev–Trinajstić information content (AvgIpc) is 2.81. The lowest BCUT2D eigenvalue weighted by atomic mass is 10.1. The number of hydrogen-bond acceptors (Lipinski definition) is 3. The summed E-state index contributed by atoms with van der Waals surface area (Å²) in [4.78, 5) is 23.0. The molecule has 0 aliphatic heterocycles. The van der Waals surface area contributed by atoms with Crippen molar-refractivity contribution < 1.29 is 9.59 Å². The van der Waals surface area contributed by atoms with E-state index in [1.165, 1.54) is 11.3 Å². The van der Waals surface area contributed by atoms with Crippen molar-refractivity contribution in [3.05, 3.63) is 22.4 Å². The van der Waals surface area contributed by atoms with Crippen LogP contribution in [0.4, 0.5) is 0 Å². The summed E-state index contributed by atoms with van der Waals surface area (Å²) in [6, 6.07) is 1.77. The van der Waals surface area contributed by atoms with E-state index in [9.17, 15) is 9.59 Å². The molecule has 2 N–H and O–H groups in total. The van der Waals surface area contributed by atoms with E-state index in [0.717, 1.165) is 6.42 Å². The van der Waals surface area contributed by atoms with Gasteiger partial charge in [0.25, 0.3) is 5.91 Å². The highest BCUT2D eigenvalue weighted by atomic mass is 32.1. The van der Waals surface area contributed by atoms with Crippen LogP contribution in [-0.4, -0.2) is 24.9 Å². The first-order valence-corrected chi connectivity index (χ1v) is 7.11. The minimum atomic E-state index is -0.119. The van der Waals surface area contributed by atoms with Gasteiger partial charge in [-0.2, -0.15) is 11.3 Å². The maximum Gasteiger partial charge on any atom is 0.252 e. The second-order valence-corrected chi connectivity index (χ2v) is 5.33. The van der Waals surface area contributed by atoms with E-state index in [2.05, 4.69) is 24.5 Å². The lowest BCUT2D eigenvalue weighted by molar-refractivity contribution is -0.120. The Bertz CT molecular complexity index is 374. The van der Waals surface area contributed by atoms with Crippen molar-refractivity contribution in [3.63, 3.8) is 0 Å². The van der Waals surface area contributed by atoms with E-state index < -0.39 is 0 Å². The Morgan fingerprint density at radius 3 is 2.67 bits per heavy atom. The molecule has 1 heterocycles. The number of amides is 2. The third-order valence-corrected chi connectivity index (χ3v) is 3.15. The van der Waals surface area contributed by atoms with E-state index in [-0.39, 0.29) is 11.8 Å². The standard InChI is InChI=1S/C13H20N2O2S/c1-10(2)3-6-14-12(16)4-7-15-13(17)11-5-8-18-9-11/h5,8-10H,3-4,6-7H2,1-2H3,(H,14,16)(H,15,17). The lowest BCUT2D eigenvalue weighted by Gasteiger charge is -2.07. The van der Waals surface area contributed by atoms with Crippen molar-refractivity contribution in [2.45, 2.75) is 26.7 Å². The molecule has 0 fully saturated rings. The maximum atomic E-state index is 11.6. The van der Waals surface area contributed by atoms with Crippen molar-refractivity contribution in [2.75, 3.05) is 13.1 Å². The second kappa shape index (κ2) is 7.87. The van der Waals surface area contributed by atoms with Gasteiger partial charge in [0.15, 0.2) is 0 Å². The van der Waals surface area contributed by atoms with Gasteiger partial charge in [0.1, 0.15) is 0 Å². The molecule has 0 bridgehead atoms. The maximum absolute atomic E-state index is 11.6. The van der Waals surface area contributed by atoms with E-state index in [1.807, 2.05) is 5.38 Å². The van der Waals surface area contributed by atoms with E-state index in [0.29, 0.717) is 31.0 Å². The molecule has 2 amide bonds. The van der Waals surface area contributed by atoms with Crippen molar-refractivity contribution in [1.82, 2.24) is 10.6 Å². The van der Waals surface area contributed by atoms with Crippen molar-refractivity contribution in [1.29, 1.82) is 0 Å². The molecule has 1 aromatic heterocycles. The van der Waals surface area contributed by atoms with Gasteiger partial charge in [0, 0.05) is 30.5 Å². The summed E-state index contributed by atoms with van der Waals surface area (Å²) in [5.74, 6) is 0.455. The second-order valence-electron chi connectivity index (χ2n) is 4.55. The quantitative estimate of drug-likeness (QED) is 0.795. The van der Waals surface area contributed by atoms with Crippen LogP contribution in [0.5, 0.6) is 0 Å². The topological polar surface area (TPSA) is 58.2 Å². The van der Waals surface area contributed by atoms with Crippen molar-refractivity contribution in [3.8, 4) is 0 Å². The summed E-state index contributed by atoms with van der Waals surface area (Å²) < 4.78 is 0. The summed E-state index contributed by atoms with van der Waals surface area (Å²) in [6.45, 7) is 5.32. The minimum Gasteiger partial charge on any atom is -0.356 e. The molecule has 5 heteroatoms. The first-order chi connectivity index (χ1) is 8.59. The molecular weight excluding hydrogens is 248 g/mol. The Balaban J connectivity index is 2.10. The monoisotopic (exact) mass is 268 g/mol. The summed E-state index contributed by atoms with van der Waals surface area (Å²) in [5, 5.41) is 9.20. The first kappa shape index (κ1) is 14.7. The molecule has 0 aliphatic rings. The van der Waals surface area contributed by atoms with E-state index in [4.69, 9.17) is 0 Å². The van der Waals surface area contributed by atoms with Crippen LogP contribution in [-0.2, 0) is 4.79 Å². The predicted molar refractivity (Wildman–Crippen MR) is 73.7 cm³/mol. The molecule has 18 heavy (non-hydrogen) atoms. The van der Waals surface area contributed by atoms with E-state index >= 15 is 0 Å². The van der Waals surface area contributed by atoms with Gasteiger partial charge in [-0.1, -0.05) is 13.8 Å². The number of nitrogens with one attached hydrogen (secondary N) is 2. The highest BCUT2D eigenvalue weighted by Gasteiger charge is 2.06. The molecule has 0 unspecified atom stereocenters. The fourth-order valence-electron chi connectivity index (χ4n) is 1.37. The van der Waals surface area contributed by atoms with Gasteiger partial charge >= 0.3 is 0 Å².